The van der Waals surface area contributed by atoms with Crippen molar-refractivity contribution in [1.82, 2.24) is 0 Å². The molecule has 20 heavy (non-hydrogen) atoms. The van der Waals surface area contributed by atoms with Crippen LogP contribution in [0.15, 0.2) is 45.8 Å². The highest BCUT2D eigenvalue weighted by molar-refractivity contribution is 9.10. The molecule has 0 unspecified atom stereocenters. The third-order valence-electron chi connectivity index (χ3n) is 2.43. The van der Waals surface area contributed by atoms with Gasteiger partial charge in [-0.15, -0.1) is 0 Å². The minimum Gasteiger partial charge on any atom is -0.398 e. The van der Waals surface area contributed by atoms with E-state index < -0.39 is 15.8 Å². The Morgan fingerprint density at radius 2 is 1.90 bits per heavy atom. The van der Waals surface area contributed by atoms with Crippen molar-refractivity contribution in [2.24, 2.45) is 0 Å². The molecule has 8 heteroatoms. The Labute approximate surface area is 128 Å². The Bertz CT molecular complexity index is 768. The SMILES string of the molecule is Nc1cc(Br)ccc1S(=O)(=O)Nc1cc(Cl)ccc1F. The van der Waals surface area contributed by atoms with Gasteiger partial charge in [-0.2, -0.15) is 0 Å². The van der Waals surface area contributed by atoms with E-state index in [2.05, 4.69) is 20.7 Å². The summed E-state index contributed by atoms with van der Waals surface area (Å²) in [5.41, 5.74) is 5.47. The second-order valence-electron chi connectivity index (χ2n) is 3.91. The molecule has 0 spiro atoms. The second-order valence-corrected chi connectivity index (χ2v) is 6.91. The number of benzene rings is 2. The zero-order valence-corrected chi connectivity index (χ0v) is 13.1. The number of hydrogen-bond donors (Lipinski definition) is 2. The molecule has 0 bridgehead atoms. The van der Waals surface area contributed by atoms with E-state index in [9.17, 15) is 12.8 Å². The molecule has 0 fully saturated rings. The summed E-state index contributed by atoms with van der Waals surface area (Å²) in [6.07, 6.45) is 0. The predicted octanol–water partition coefficient (Wildman–Crippen LogP) is 3.62. The van der Waals surface area contributed by atoms with Crippen LogP contribution in [0.4, 0.5) is 15.8 Å². The van der Waals surface area contributed by atoms with E-state index in [0.717, 1.165) is 6.07 Å². The van der Waals surface area contributed by atoms with Gasteiger partial charge in [0, 0.05) is 9.50 Å². The monoisotopic (exact) mass is 378 g/mol. The van der Waals surface area contributed by atoms with Gasteiger partial charge in [-0.1, -0.05) is 27.5 Å². The average Bonchev–Trinajstić information content (AvgIpc) is 2.33. The fraction of sp³-hybridized carbons (Fsp3) is 0. The molecule has 0 atom stereocenters. The average molecular weight is 380 g/mol. The molecule has 2 rings (SSSR count). The Morgan fingerprint density at radius 3 is 2.55 bits per heavy atom. The second kappa shape index (κ2) is 5.59. The summed E-state index contributed by atoms with van der Waals surface area (Å²) in [6, 6.07) is 7.88. The number of hydrogen-bond acceptors (Lipinski definition) is 3. The van der Waals surface area contributed by atoms with Crippen LogP contribution in [0.3, 0.4) is 0 Å². The van der Waals surface area contributed by atoms with Crippen LogP contribution in [0.25, 0.3) is 0 Å². The van der Waals surface area contributed by atoms with Gasteiger partial charge in [-0.25, -0.2) is 12.8 Å². The lowest BCUT2D eigenvalue weighted by atomic mass is 10.3. The molecule has 2 aromatic rings. The highest BCUT2D eigenvalue weighted by Crippen LogP contribution is 2.27. The van der Waals surface area contributed by atoms with Crippen LogP contribution >= 0.6 is 27.5 Å². The number of rotatable bonds is 3. The molecule has 0 saturated heterocycles. The van der Waals surface area contributed by atoms with Crippen molar-refractivity contribution in [3.8, 4) is 0 Å². The van der Waals surface area contributed by atoms with Gasteiger partial charge in [0.25, 0.3) is 10.0 Å². The molecule has 0 heterocycles. The Balaban J connectivity index is 2.43. The van der Waals surface area contributed by atoms with Gasteiger partial charge >= 0.3 is 0 Å². The standard InChI is InChI=1S/C12H9BrClFN2O2S/c13-7-1-4-12(10(16)5-7)20(18,19)17-11-6-8(14)2-3-9(11)15/h1-6,17H,16H2. The lowest BCUT2D eigenvalue weighted by Gasteiger charge is -2.11. The topological polar surface area (TPSA) is 72.2 Å². The van der Waals surface area contributed by atoms with Crippen molar-refractivity contribution in [3.63, 3.8) is 0 Å². The number of halogens is 3. The molecule has 0 radical (unpaired) electrons. The van der Waals surface area contributed by atoms with E-state index >= 15 is 0 Å². The number of nitrogens with one attached hydrogen (secondary N) is 1. The van der Waals surface area contributed by atoms with Crippen molar-refractivity contribution in [3.05, 3.63) is 51.7 Å². The fourth-order valence-electron chi connectivity index (χ4n) is 1.54. The van der Waals surface area contributed by atoms with E-state index in [1.807, 2.05) is 0 Å². The number of sulfonamides is 1. The Morgan fingerprint density at radius 1 is 1.20 bits per heavy atom. The minimum atomic E-state index is -3.99. The first-order valence-electron chi connectivity index (χ1n) is 5.32. The first-order chi connectivity index (χ1) is 9.29. The van der Waals surface area contributed by atoms with Crippen molar-refractivity contribution < 1.29 is 12.8 Å². The molecule has 0 saturated carbocycles. The molecule has 0 aliphatic carbocycles. The molecule has 0 aliphatic heterocycles. The highest BCUT2D eigenvalue weighted by Gasteiger charge is 2.19. The van der Waals surface area contributed by atoms with Gasteiger partial charge < -0.3 is 5.73 Å². The van der Waals surface area contributed by atoms with Gasteiger partial charge in [-0.3, -0.25) is 4.72 Å². The quantitative estimate of drug-likeness (QED) is 0.800. The summed E-state index contributed by atoms with van der Waals surface area (Å²) >= 11 is 8.89. The van der Waals surface area contributed by atoms with E-state index in [-0.39, 0.29) is 21.3 Å². The number of anilines is 2. The maximum Gasteiger partial charge on any atom is 0.264 e. The fourth-order valence-corrected chi connectivity index (χ4v) is 3.26. The largest absolute Gasteiger partial charge is 0.398 e. The normalized spacial score (nSPS) is 11.3. The summed E-state index contributed by atoms with van der Waals surface area (Å²) in [5.74, 6) is -0.728. The molecule has 2 aromatic carbocycles. The van der Waals surface area contributed by atoms with Crippen LogP contribution in [0.5, 0.6) is 0 Å². The summed E-state index contributed by atoms with van der Waals surface area (Å²) < 4.78 is 40.7. The summed E-state index contributed by atoms with van der Waals surface area (Å²) in [6.45, 7) is 0. The van der Waals surface area contributed by atoms with Crippen molar-refractivity contribution in [2.75, 3.05) is 10.5 Å². The Kier molecular flexibility index (Phi) is 4.22. The zero-order valence-electron chi connectivity index (χ0n) is 9.90. The molecule has 0 amide bonds. The first-order valence-corrected chi connectivity index (χ1v) is 7.98. The maximum absolute atomic E-state index is 13.6. The highest BCUT2D eigenvalue weighted by atomic mass is 79.9. The van der Waals surface area contributed by atoms with E-state index in [4.69, 9.17) is 17.3 Å². The van der Waals surface area contributed by atoms with Crippen LogP contribution in [0.1, 0.15) is 0 Å². The smallest absolute Gasteiger partial charge is 0.264 e. The van der Waals surface area contributed by atoms with E-state index in [1.165, 1.54) is 30.3 Å². The molecule has 0 aliphatic rings. The molecule has 3 N–H and O–H groups in total. The zero-order chi connectivity index (χ0) is 14.9. The third-order valence-corrected chi connectivity index (χ3v) is 4.60. The summed E-state index contributed by atoms with van der Waals surface area (Å²) in [5, 5.41) is 0.216. The van der Waals surface area contributed by atoms with Crippen LogP contribution in [0, 0.1) is 5.82 Å². The Hall–Kier alpha value is -1.31. The number of nitrogens with two attached hydrogens (primary N) is 1. The van der Waals surface area contributed by atoms with Gasteiger partial charge in [0.2, 0.25) is 0 Å². The molecule has 106 valence electrons. The van der Waals surface area contributed by atoms with Crippen LogP contribution in [0.2, 0.25) is 5.02 Å². The number of nitrogen functional groups attached to an aromatic ring is 1. The van der Waals surface area contributed by atoms with E-state index in [1.54, 1.807) is 0 Å². The maximum atomic E-state index is 13.6. The van der Waals surface area contributed by atoms with Crippen LogP contribution in [-0.2, 0) is 10.0 Å². The minimum absolute atomic E-state index is 0.0503. The van der Waals surface area contributed by atoms with Gasteiger partial charge in [0.05, 0.1) is 11.4 Å². The molecule has 4 nitrogen and oxygen atoms in total. The molecular formula is C12H9BrClFN2O2S. The molecular weight excluding hydrogens is 371 g/mol. The lowest BCUT2D eigenvalue weighted by molar-refractivity contribution is 0.599. The van der Waals surface area contributed by atoms with Gasteiger partial charge in [0.1, 0.15) is 10.7 Å². The first kappa shape index (κ1) is 15.1. The van der Waals surface area contributed by atoms with Gasteiger partial charge in [-0.05, 0) is 36.4 Å². The van der Waals surface area contributed by atoms with Crippen molar-refractivity contribution in [2.45, 2.75) is 4.90 Å². The van der Waals surface area contributed by atoms with Crippen molar-refractivity contribution in [1.29, 1.82) is 0 Å². The lowest BCUT2D eigenvalue weighted by Crippen LogP contribution is -2.15. The van der Waals surface area contributed by atoms with Crippen LogP contribution < -0.4 is 10.5 Å². The summed E-state index contributed by atoms with van der Waals surface area (Å²) in [4.78, 5) is -0.139. The van der Waals surface area contributed by atoms with Crippen molar-refractivity contribution >= 4 is 48.9 Å². The summed E-state index contributed by atoms with van der Waals surface area (Å²) in [7, 11) is -3.99. The predicted molar refractivity (Wildman–Crippen MR) is 80.8 cm³/mol. The van der Waals surface area contributed by atoms with Crippen LogP contribution in [-0.4, -0.2) is 8.42 Å². The van der Waals surface area contributed by atoms with E-state index in [0.29, 0.717) is 4.47 Å². The third kappa shape index (κ3) is 3.23. The molecule has 0 aromatic heterocycles. The van der Waals surface area contributed by atoms with Gasteiger partial charge in [0.15, 0.2) is 0 Å².